The summed E-state index contributed by atoms with van der Waals surface area (Å²) in [5.41, 5.74) is 8.37. The van der Waals surface area contributed by atoms with Gasteiger partial charge in [-0.2, -0.15) is 5.10 Å². The van der Waals surface area contributed by atoms with E-state index in [0.717, 1.165) is 45.9 Å². The van der Waals surface area contributed by atoms with Crippen molar-refractivity contribution in [3.63, 3.8) is 0 Å². The zero-order chi connectivity index (χ0) is 54.6. The van der Waals surface area contributed by atoms with Gasteiger partial charge in [0.15, 0.2) is 11.5 Å². The number of benzene rings is 2. The number of hydrogen-bond donors (Lipinski definition) is 6. The second-order valence-corrected chi connectivity index (χ2v) is 21.6. The highest BCUT2D eigenvalue weighted by Gasteiger charge is 2.44. The number of carbonyl (C=O) groups is 5. The number of aromatic nitrogens is 7. The molecule has 0 radical (unpaired) electrons. The third-order valence-electron chi connectivity index (χ3n) is 14.6. The molecule has 7 heterocycles. The van der Waals surface area contributed by atoms with Gasteiger partial charge in [0.2, 0.25) is 23.6 Å². The molecule has 6 N–H and O–H groups in total. The monoisotopic (exact) mass is 1080 g/mol. The highest BCUT2D eigenvalue weighted by atomic mass is 32.1. The van der Waals surface area contributed by atoms with Gasteiger partial charge >= 0.3 is 0 Å². The largest absolute Gasteiger partial charge is 0.391 e. The maximum atomic E-state index is 15.7. The molecule has 7 aromatic rings. The van der Waals surface area contributed by atoms with Gasteiger partial charge in [-0.3, -0.25) is 38.4 Å². The molecule has 23 heteroatoms. The number of thiazole rings is 1. The van der Waals surface area contributed by atoms with Gasteiger partial charge in [0.25, 0.3) is 5.91 Å². The molecule has 0 spiro atoms. The summed E-state index contributed by atoms with van der Waals surface area (Å²) in [6.07, 6.45) is 8.67. The number of imidazole rings is 1. The fourth-order valence-electron chi connectivity index (χ4n) is 10.2. The van der Waals surface area contributed by atoms with Gasteiger partial charge in [-0.15, -0.1) is 11.3 Å². The summed E-state index contributed by atoms with van der Waals surface area (Å²) in [4.78, 5) is 88.2. The Morgan fingerprint density at radius 3 is 2.37 bits per heavy atom. The number of rotatable bonds is 20. The van der Waals surface area contributed by atoms with E-state index in [1.54, 1.807) is 48.1 Å². The number of carbonyl (C=O) groups excluding carboxylic acids is 5. The van der Waals surface area contributed by atoms with Crippen molar-refractivity contribution in [3.05, 3.63) is 119 Å². The molecule has 5 aromatic heterocycles. The van der Waals surface area contributed by atoms with Crippen LogP contribution in [-0.2, 0) is 19.2 Å². The predicted octanol–water partition coefficient (Wildman–Crippen LogP) is 5.64. The minimum Gasteiger partial charge on any atom is -0.391 e. The van der Waals surface area contributed by atoms with Crippen LogP contribution in [0.1, 0.15) is 103 Å². The number of amides is 5. The van der Waals surface area contributed by atoms with Crippen LogP contribution >= 0.6 is 11.3 Å². The second kappa shape index (κ2) is 23.4. The molecule has 2 saturated heterocycles. The number of β-amino-alcohol motifs (C(OH)–C–C–N with tert-alkyl or cyclic N) is 1. The van der Waals surface area contributed by atoms with Crippen LogP contribution in [0, 0.1) is 25.6 Å². The van der Waals surface area contributed by atoms with E-state index in [4.69, 9.17) is 9.51 Å². The molecule has 4 atom stereocenters. The van der Waals surface area contributed by atoms with Crippen molar-refractivity contribution in [1.29, 1.82) is 0 Å². The first-order valence-electron chi connectivity index (χ1n) is 26.4. The van der Waals surface area contributed by atoms with Crippen LogP contribution in [0.2, 0.25) is 0 Å². The van der Waals surface area contributed by atoms with E-state index in [1.165, 1.54) is 28.4 Å². The maximum Gasteiger partial charge on any atom is 0.254 e. The third-order valence-corrected chi connectivity index (χ3v) is 15.5. The molecule has 2 aliphatic heterocycles. The number of aromatic amines is 1. The standard InChI is InChI=1S/C55H63FN14O7S/c1-31(2)49(46-20-32(3)66-77-46)55(76)70-27-39(71)22-44(70)53(74)65-42(34-8-10-36(11-9-34)50-33(4)60-30-78-50)23-47(72)57-14-5-15-58-48(73)29-67-16-18-68(19-17-67)54(75)37-12-13-41(40(56)21-37)63-51-52-59-26-45(38-24-61-62-25-38)69(52)28-43(64-51)35-6-7-35/h8-13,20-21,24-26,28,30-31,35,39,42,44,49,71H,5-7,14-19,22-23,27,29H2,1-4H3,(H,57,72)(H,58,73)(H,61,62)(H,63,64)(H,65,74)/t39-,42+,44+,49-/m1/s1. The minimum atomic E-state index is -0.992. The average Bonchev–Trinajstić information content (AvgIpc) is 4.08. The fraction of sp³-hybridized carbons (Fsp3) is 0.418. The molecule has 5 amide bonds. The minimum absolute atomic E-state index is 0.0282. The van der Waals surface area contributed by atoms with Crippen LogP contribution in [0.15, 0.2) is 83.4 Å². The van der Waals surface area contributed by atoms with Crippen molar-refractivity contribution in [2.75, 3.05) is 57.7 Å². The number of aryl methyl sites for hydroxylation is 2. The highest BCUT2D eigenvalue weighted by Crippen LogP contribution is 2.41. The van der Waals surface area contributed by atoms with Crippen molar-refractivity contribution in [3.8, 4) is 21.7 Å². The molecule has 1 aliphatic carbocycles. The number of fused-ring (bicyclic) bond motifs is 1. The smallest absolute Gasteiger partial charge is 0.254 e. The first kappa shape index (κ1) is 53.5. The Hall–Kier alpha value is -7.89. The van der Waals surface area contributed by atoms with Crippen molar-refractivity contribution >= 4 is 58.0 Å². The Labute approximate surface area is 453 Å². The van der Waals surface area contributed by atoms with Crippen LogP contribution in [0.4, 0.5) is 15.9 Å². The first-order chi connectivity index (χ1) is 37.7. The van der Waals surface area contributed by atoms with Gasteiger partial charge in [-0.05, 0) is 68.4 Å². The SMILES string of the molecule is Cc1cc([C@H](C(=O)N2C[C@H](O)C[C@H]2C(=O)N[C@@H](CC(=O)NCCCNC(=O)CN2CCN(C(=O)c3ccc(Nc4nc(C5CC5)cn5c(-c6cn[nH]c6)cnc45)c(F)c3)CC2)c2ccc(-c3scnc3C)cc2)C(C)C)on1. The lowest BCUT2D eigenvalue weighted by Gasteiger charge is -2.34. The number of halogens is 1. The van der Waals surface area contributed by atoms with Crippen LogP contribution in [0.3, 0.4) is 0 Å². The lowest BCUT2D eigenvalue weighted by atomic mass is 9.91. The molecule has 78 heavy (non-hydrogen) atoms. The Bertz CT molecular complexity index is 3290. The van der Waals surface area contributed by atoms with Crippen molar-refractivity contribution in [2.24, 2.45) is 5.92 Å². The molecular formula is C55H63FN14O7S. The number of aliphatic hydroxyl groups excluding tert-OH is 1. The number of aliphatic hydroxyl groups is 1. The van der Waals surface area contributed by atoms with Crippen molar-refractivity contribution in [2.45, 2.75) is 89.8 Å². The Morgan fingerprint density at radius 1 is 0.936 bits per heavy atom. The maximum absolute atomic E-state index is 15.7. The van der Waals surface area contributed by atoms with Crippen LogP contribution in [0.5, 0.6) is 0 Å². The number of anilines is 2. The van der Waals surface area contributed by atoms with Gasteiger partial charge < -0.3 is 40.7 Å². The van der Waals surface area contributed by atoms with E-state index in [1.807, 2.05) is 60.5 Å². The van der Waals surface area contributed by atoms with E-state index in [2.05, 4.69) is 46.6 Å². The van der Waals surface area contributed by atoms with Gasteiger partial charge in [-0.1, -0.05) is 43.3 Å². The number of nitrogens with zero attached hydrogens (tertiary/aromatic N) is 9. The quantitative estimate of drug-likeness (QED) is 0.0506. The van der Waals surface area contributed by atoms with Crippen molar-refractivity contribution in [1.82, 2.24) is 65.4 Å². The number of likely N-dealkylation sites (tertiary alicyclic amines) is 1. The van der Waals surface area contributed by atoms with Crippen LogP contribution in [-0.4, -0.2) is 149 Å². The zero-order valence-electron chi connectivity index (χ0n) is 43.9. The molecule has 3 fully saturated rings. The van der Waals surface area contributed by atoms with Crippen LogP contribution < -0.4 is 21.3 Å². The molecule has 21 nitrogen and oxygen atoms in total. The summed E-state index contributed by atoms with van der Waals surface area (Å²) >= 11 is 1.51. The van der Waals surface area contributed by atoms with E-state index in [-0.39, 0.29) is 73.3 Å². The van der Waals surface area contributed by atoms with Crippen LogP contribution in [0.25, 0.3) is 27.3 Å². The number of H-pyrrole nitrogens is 1. The Balaban J connectivity index is 0.688. The van der Waals surface area contributed by atoms with Gasteiger partial charge in [0.1, 0.15) is 23.5 Å². The fourth-order valence-corrected chi connectivity index (χ4v) is 11.0. The summed E-state index contributed by atoms with van der Waals surface area (Å²) in [7, 11) is 0. The predicted molar refractivity (Wildman–Crippen MR) is 288 cm³/mol. The number of nitrogens with one attached hydrogen (secondary N) is 5. The first-order valence-corrected chi connectivity index (χ1v) is 27.3. The third kappa shape index (κ3) is 12.1. The van der Waals surface area contributed by atoms with E-state index in [0.29, 0.717) is 73.5 Å². The lowest BCUT2D eigenvalue weighted by Crippen LogP contribution is -2.51. The van der Waals surface area contributed by atoms with Crippen molar-refractivity contribution < 1.29 is 38.0 Å². The molecule has 3 aliphatic rings. The number of piperazine rings is 1. The zero-order valence-corrected chi connectivity index (χ0v) is 44.7. The average molecular weight is 1080 g/mol. The molecule has 0 unspecified atom stereocenters. The number of hydrogen-bond acceptors (Lipinski definition) is 15. The van der Waals surface area contributed by atoms with E-state index < -0.39 is 35.8 Å². The molecule has 10 rings (SSSR count). The summed E-state index contributed by atoms with van der Waals surface area (Å²) in [6.45, 7) is 9.71. The van der Waals surface area contributed by atoms with E-state index >= 15 is 4.39 Å². The van der Waals surface area contributed by atoms with E-state index in [9.17, 15) is 29.1 Å². The Kier molecular flexibility index (Phi) is 16.0. The Morgan fingerprint density at radius 2 is 1.71 bits per heavy atom. The lowest BCUT2D eigenvalue weighted by molar-refractivity contribution is -0.141. The van der Waals surface area contributed by atoms with Gasteiger partial charge in [0, 0.05) is 87.7 Å². The molecule has 2 aromatic carbocycles. The molecule has 408 valence electrons. The second-order valence-electron chi connectivity index (χ2n) is 20.7. The molecule has 0 bridgehead atoms. The van der Waals surface area contributed by atoms with Gasteiger partial charge in [-0.25, -0.2) is 19.3 Å². The van der Waals surface area contributed by atoms with Gasteiger partial charge in [0.05, 0.1) is 76.4 Å². The topological polar surface area (TPSA) is 261 Å². The normalized spacial score (nSPS) is 17.6. The summed E-state index contributed by atoms with van der Waals surface area (Å²) in [5.74, 6) is -2.09. The molecular weight excluding hydrogens is 1020 g/mol. The highest BCUT2D eigenvalue weighted by molar-refractivity contribution is 7.13. The molecule has 1 saturated carbocycles. The summed E-state index contributed by atoms with van der Waals surface area (Å²) in [6, 6.07) is 11.8. The summed E-state index contributed by atoms with van der Waals surface area (Å²) < 4.78 is 23.2. The summed E-state index contributed by atoms with van der Waals surface area (Å²) in [5, 5.41) is 33.6.